The largest absolute Gasteiger partial charge is 0.451 e. The van der Waals surface area contributed by atoms with Crippen LogP contribution in [0.2, 0.25) is 0 Å². The molecule has 0 unspecified atom stereocenters. The van der Waals surface area contributed by atoms with E-state index in [0.717, 1.165) is 16.7 Å². The van der Waals surface area contributed by atoms with Gasteiger partial charge in [0.1, 0.15) is 4.83 Å². The number of rotatable bonds is 4. The van der Waals surface area contributed by atoms with Crippen molar-refractivity contribution < 1.29 is 17.9 Å². The van der Waals surface area contributed by atoms with Crippen molar-refractivity contribution in [3.63, 3.8) is 0 Å². The number of thiophene rings is 1. The van der Waals surface area contributed by atoms with Crippen LogP contribution in [0.25, 0.3) is 10.2 Å². The Morgan fingerprint density at radius 2 is 1.93 bits per heavy atom. The number of sulfone groups is 1. The lowest BCUT2D eigenvalue weighted by atomic mass is 10.2. The number of hydrogen-bond donors (Lipinski definition) is 1. The summed E-state index contributed by atoms with van der Waals surface area (Å²) in [5.74, 6) is -0.594. The number of aromatic nitrogens is 2. The number of carbonyl (C=O) groups excluding carboxylic acids is 1. The molecule has 9 heteroatoms. The van der Waals surface area contributed by atoms with Crippen LogP contribution in [0.5, 0.6) is 0 Å². The van der Waals surface area contributed by atoms with Crippen LogP contribution in [0.3, 0.4) is 0 Å². The average Bonchev–Trinajstić information content (AvgIpc) is 2.88. The minimum atomic E-state index is -3.59. The molecule has 0 aliphatic rings. The summed E-state index contributed by atoms with van der Waals surface area (Å²) in [6, 6.07) is 5.82. The zero-order valence-electron chi connectivity index (χ0n) is 15.2. The second-order valence-electron chi connectivity index (χ2n) is 6.23. The van der Waals surface area contributed by atoms with Gasteiger partial charge in [0.05, 0.1) is 15.8 Å². The highest BCUT2D eigenvalue weighted by Crippen LogP contribution is 2.27. The van der Waals surface area contributed by atoms with Crippen molar-refractivity contribution in [2.75, 3.05) is 6.26 Å². The predicted molar refractivity (Wildman–Crippen MR) is 103 cm³/mol. The van der Waals surface area contributed by atoms with Gasteiger partial charge in [-0.2, -0.15) is 0 Å². The Balaban J connectivity index is 1.95. The van der Waals surface area contributed by atoms with Gasteiger partial charge in [-0.15, -0.1) is 11.3 Å². The second-order valence-corrected chi connectivity index (χ2v) is 9.42. The fraction of sp³-hybridized carbons (Fsp3) is 0.278. The number of hydrogen-bond acceptors (Lipinski definition) is 7. The van der Waals surface area contributed by atoms with E-state index in [1.54, 1.807) is 13.0 Å². The fourth-order valence-corrected chi connectivity index (χ4v) is 4.62. The molecule has 0 spiro atoms. The number of nitrogens with zero attached hydrogens (tertiary/aromatic N) is 1. The summed E-state index contributed by atoms with van der Waals surface area (Å²) in [7, 11) is -3.59. The number of fused-ring (bicyclic) bond motifs is 1. The lowest BCUT2D eigenvalue weighted by Crippen LogP contribution is -2.18. The standard InChI is InChI=1S/C18H18N2O5S2/c1-9-11(3)26-17-14(9)16(21)19-15(20-17)10(2)25-18(22)12-7-5-6-8-13(12)27(4,23)24/h5-8,10H,1-4H3,(H,19,20,21)/t10-/m0/s1. The van der Waals surface area contributed by atoms with Crippen LogP contribution in [-0.2, 0) is 14.6 Å². The van der Waals surface area contributed by atoms with Crippen LogP contribution in [-0.4, -0.2) is 30.6 Å². The van der Waals surface area contributed by atoms with E-state index in [2.05, 4.69) is 9.97 Å². The van der Waals surface area contributed by atoms with Crippen molar-refractivity contribution in [2.45, 2.75) is 31.8 Å². The normalized spacial score (nSPS) is 12.9. The molecule has 0 aliphatic carbocycles. The van der Waals surface area contributed by atoms with Gasteiger partial charge in [0, 0.05) is 11.1 Å². The number of esters is 1. The topological polar surface area (TPSA) is 106 Å². The summed E-state index contributed by atoms with van der Waals surface area (Å²) in [6.45, 7) is 5.33. The molecule has 2 aromatic heterocycles. The minimum absolute atomic E-state index is 0.0573. The summed E-state index contributed by atoms with van der Waals surface area (Å²) in [4.78, 5) is 33.4. The Morgan fingerprint density at radius 1 is 1.26 bits per heavy atom. The summed E-state index contributed by atoms with van der Waals surface area (Å²) < 4.78 is 29.1. The number of benzene rings is 1. The zero-order chi connectivity index (χ0) is 19.9. The molecule has 1 N–H and O–H groups in total. The van der Waals surface area contributed by atoms with Gasteiger partial charge < -0.3 is 9.72 Å². The van der Waals surface area contributed by atoms with E-state index < -0.39 is 21.9 Å². The van der Waals surface area contributed by atoms with Crippen molar-refractivity contribution in [2.24, 2.45) is 0 Å². The third kappa shape index (κ3) is 3.65. The van der Waals surface area contributed by atoms with Gasteiger partial charge in [-0.05, 0) is 38.5 Å². The van der Waals surface area contributed by atoms with Crippen LogP contribution in [0.15, 0.2) is 34.0 Å². The van der Waals surface area contributed by atoms with Gasteiger partial charge in [-0.3, -0.25) is 4.79 Å². The van der Waals surface area contributed by atoms with Crippen molar-refractivity contribution in [1.29, 1.82) is 0 Å². The van der Waals surface area contributed by atoms with E-state index in [1.807, 2.05) is 13.8 Å². The zero-order valence-corrected chi connectivity index (χ0v) is 16.8. The Hall–Kier alpha value is -2.52. The Labute approximate surface area is 160 Å². The van der Waals surface area contributed by atoms with E-state index in [0.29, 0.717) is 10.2 Å². The van der Waals surface area contributed by atoms with E-state index in [4.69, 9.17) is 4.74 Å². The predicted octanol–water partition coefficient (Wildman–Crippen LogP) is 2.92. The van der Waals surface area contributed by atoms with Crippen molar-refractivity contribution in [3.05, 3.63) is 56.4 Å². The number of aromatic amines is 1. The molecule has 0 bridgehead atoms. The van der Waals surface area contributed by atoms with E-state index >= 15 is 0 Å². The number of ether oxygens (including phenoxy) is 1. The molecule has 7 nitrogen and oxygen atoms in total. The van der Waals surface area contributed by atoms with Crippen LogP contribution in [0, 0.1) is 13.8 Å². The molecule has 0 amide bonds. The number of aryl methyl sites for hydroxylation is 2. The molecule has 3 aromatic rings. The highest BCUT2D eigenvalue weighted by molar-refractivity contribution is 7.90. The molecule has 27 heavy (non-hydrogen) atoms. The lowest BCUT2D eigenvalue weighted by Gasteiger charge is -2.14. The molecular formula is C18H18N2O5S2. The van der Waals surface area contributed by atoms with Crippen molar-refractivity contribution in [3.8, 4) is 0 Å². The third-order valence-corrected chi connectivity index (χ3v) is 6.49. The summed E-state index contributed by atoms with van der Waals surface area (Å²) in [6.07, 6.45) is 0.168. The highest BCUT2D eigenvalue weighted by Gasteiger charge is 2.23. The molecular weight excluding hydrogens is 388 g/mol. The summed E-state index contributed by atoms with van der Waals surface area (Å²) in [5, 5.41) is 0.530. The third-order valence-electron chi connectivity index (χ3n) is 4.23. The lowest BCUT2D eigenvalue weighted by molar-refractivity contribution is 0.0315. The summed E-state index contributed by atoms with van der Waals surface area (Å²) in [5.41, 5.74) is 0.524. The first kappa shape index (κ1) is 19.2. The SMILES string of the molecule is Cc1sc2nc([C@H](C)OC(=O)c3ccccc3S(C)(=O)=O)[nH]c(=O)c2c1C. The molecule has 0 aliphatic heterocycles. The van der Waals surface area contributed by atoms with Crippen LogP contribution < -0.4 is 5.56 Å². The van der Waals surface area contributed by atoms with E-state index in [-0.39, 0.29) is 21.8 Å². The maximum absolute atomic E-state index is 12.5. The van der Waals surface area contributed by atoms with E-state index in [1.165, 1.54) is 29.5 Å². The van der Waals surface area contributed by atoms with Crippen LogP contribution in [0.1, 0.15) is 39.7 Å². The first-order valence-corrected chi connectivity index (χ1v) is 10.8. The smallest absolute Gasteiger partial charge is 0.340 e. The maximum Gasteiger partial charge on any atom is 0.340 e. The highest BCUT2D eigenvalue weighted by atomic mass is 32.2. The number of carbonyl (C=O) groups is 1. The molecule has 1 atom stereocenters. The van der Waals surface area contributed by atoms with Gasteiger partial charge >= 0.3 is 5.97 Å². The molecule has 3 rings (SSSR count). The summed E-state index contributed by atoms with van der Waals surface area (Å²) >= 11 is 1.39. The van der Waals surface area contributed by atoms with Gasteiger partial charge in [-0.1, -0.05) is 12.1 Å². The second kappa shape index (κ2) is 6.90. The Morgan fingerprint density at radius 3 is 2.59 bits per heavy atom. The maximum atomic E-state index is 12.5. The van der Waals surface area contributed by atoms with Crippen LogP contribution >= 0.6 is 11.3 Å². The first-order valence-electron chi connectivity index (χ1n) is 8.09. The molecule has 0 saturated carbocycles. The molecule has 0 fully saturated rings. The molecule has 2 heterocycles. The van der Waals surface area contributed by atoms with Crippen LogP contribution in [0.4, 0.5) is 0 Å². The van der Waals surface area contributed by atoms with E-state index in [9.17, 15) is 18.0 Å². The Kier molecular flexibility index (Phi) is 4.92. The van der Waals surface area contributed by atoms with Crippen molar-refractivity contribution in [1.82, 2.24) is 9.97 Å². The molecule has 1 aromatic carbocycles. The monoisotopic (exact) mass is 406 g/mol. The fourth-order valence-electron chi connectivity index (χ4n) is 2.70. The first-order chi connectivity index (χ1) is 12.6. The molecule has 0 saturated heterocycles. The van der Waals surface area contributed by atoms with Crippen molar-refractivity contribution >= 4 is 37.4 Å². The molecule has 142 valence electrons. The van der Waals surface area contributed by atoms with Gasteiger partial charge in [0.25, 0.3) is 5.56 Å². The van der Waals surface area contributed by atoms with Gasteiger partial charge in [-0.25, -0.2) is 18.2 Å². The number of H-pyrrole nitrogens is 1. The molecule has 0 radical (unpaired) electrons. The minimum Gasteiger partial charge on any atom is -0.451 e. The quantitative estimate of drug-likeness (QED) is 0.668. The number of nitrogens with one attached hydrogen (secondary N) is 1. The van der Waals surface area contributed by atoms with Gasteiger partial charge in [0.2, 0.25) is 0 Å². The van der Waals surface area contributed by atoms with Gasteiger partial charge in [0.15, 0.2) is 21.8 Å². The average molecular weight is 406 g/mol. The Bertz CT molecular complexity index is 1210.